The first-order valence-corrected chi connectivity index (χ1v) is 11.4. The van der Waals surface area contributed by atoms with Crippen molar-refractivity contribution in [1.82, 2.24) is 9.97 Å². The molecule has 0 bridgehead atoms. The minimum atomic E-state index is -0.0707. The quantitative estimate of drug-likeness (QED) is 0.610. The second-order valence-corrected chi connectivity index (χ2v) is 8.83. The zero-order valence-corrected chi connectivity index (χ0v) is 18.1. The average molecular weight is 430 g/mol. The number of carbonyl (C=O) groups is 1. The van der Waals surface area contributed by atoms with Gasteiger partial charge in [-0.3, -0.25) is 4.79 Å². The van der Waals surface area contributed by atoms with Crippen molar-refractivity contribution in [2.24, 2.45) is 0 Å². The van der Waals surface area contributed by atoms with Gasteiger partial charge in [0.1, 0.15) is 5.75 Å². The van der Waals surface area contributed by atoms with Gasteiger partial charge >= 0.3 is 0 Å². The maximum atomic E-state index is 12.8. The summed E-state index contributed by atoms with van der Waals surface area (Å²) in [6, 6.07) is 15.9. The van der Waals surface area contributed by atoms with Gasteiger partial charge < -0.3 is 10.1 Å². The van der Waals surface area contributed by atoms with Crippen molar-refractivity contribution in [1.29, 1.82) is 0 Å². The molecule has 1 aromatic heterocycles. The van der Waals surface area contributed by atoms with Gasteiger partial charge in [0.2, 0.25) is 5.91 Å². The second kappa shape index (κ2) is 8.55. The molecule has 1 unspecified atom stereocenters. The summed E-state index contributed by atoms with van der Waals surface area (Å²) in [5, 5.41) is 5.31. The average Bonchev–Trinajstić information content (AvgIpc) is 3.33. The predicted octanol–water partition coefficient (Wildman–Crippen LogP) is 5.12. The summed E-state index contributed by atoms with van der Waals surface area (Å²) >= 11 is 1.72. The Morgan fingerprint density at radius 3 is 2.81 bits per heavy atom. The number of ether oxygens (including phenoxy) is 1. The molecule has 5 nitrogen and oxygen atoms in total. The van der Waals surface area contributed by atoms with Crippen LogP contribution in [-0.2, 0) is 24.1 Å². The van der Waals surface area contributed by atoms with E-state index in [0.29, 0.717) is 12.2 Å². The SMILES string of the molecule is COc1ccc2c(c1)CCc1nc(NC(=O)Cc3ccccc3)c(C3CC=CS3)nc1-2. The van der Waals surface area contributed by atoms with Crippen LogP contribution in [0.25, 0.3) is 11.3 Å². The molecule has 2 aromatic carbocycles. The van der Waals surface area contributed by atoms with Crippen molar-refractivity contribution in [3.05, 3.63) is 82.5 Å². The van der Waals surface area contributed by atoms with E-state index in [2.05, 4.69) is 28.9 Å². The van der Waals surface area contributed by atoms with Crippen LogP contribution in [-0.4, -0.2) is 23.0 Å². The first-order valence-electron chi connectivity index (χ1n) is 10.4. The van der Waals surface area contributed by atoms with Crippen molar-refractivity contribution in [3.63, 3.8) is 0 Å². The normalized spacial score (nSPS) is 16.5. The number of nitrogens with zero attached hydrogens (tertiary/aromatic N) is 2. The minimum Gasteiger partial charge on any atom is -0.497 e. The van der Waals surface area contributed by atoms with E-state index in [1.807, 2.05) is 36.4 Å². The lowest BCUT2D eigenvalue weighted by molar-refractivity contribution is -0.115. The summed E-state index contributed by atoms with van der Waals surface area (Å²) in [5.74, 6) is 1.38. The van der Waals surface area contributed by atoms with Crippen molar-refractivity contribution in [2.45, 2.75) is 30.9 Å². The molecular weight excluding hydrogens is 406 g/mol. The highest BCUT2D eigenvalue weighted by atomic mass is 32.2. The van der Waals surface area contributed by atoms with E-state index in [9.17, 15) is 4.79 Å². The van der Waals surface area contributed by atoms with E-state index >= 15 is 0 Å². The third-order valence-electron chi connectivity index (χ3n) is 5.65. The Morgan fingerprint density at radius 1 is 1.16 bits per heavy atom. The van der Waals surface area contributed by atoms with E-state index in [0.717, 1.165) is 53.2 Å². The molecule has 3 aromatic rings. The van der Waals surface area contributed by atoms with Crippen LogP contribution in [0.5, 0.6) is 5.75 Å². The lowest BCUT2D eigenvalue weighted by Gasteiger charge is -2.23. The zero-order valence-electron chi connectivity index (χ0n) is 17.3. The number of fused-ring (bicyclic) bond motifs is 3. The number of anilines is 1. The zero-order chi connectivity index (χ0) is 21.2. The van der Waals surface area contributed by atoms with Crippen LogP contribution in [0, 0.1) is 0 Å². The molecule has 1 aliphatic heterocycles. The van der Waals surface area contributed by atoms with Gasteiger partial charge in [0.25, 0.3) is 0 Å². The third kappa shape index (κ3) is 4.08. The molecule has 0 saturated heterocycles. The largest absolute Gasteiger partial charge is 0.497 e. The summed E-state index contributed by atoms with van der Waals surface area (Å²) in [6.45, 7) is 0. The third-order valence-corrected chi connectivity index (χ3v) is 6.75. The number of nitrogens with one attached hydrogen (secondary N) is 1. The molecule has 0 radical (unpaired) electrons. The van der Waals surface area contributed by atoms with Gasteiger partial charge in [0, 0.05) is 5.56 Å². The molecule has 2 aliphatic rings. The molecule has 156 valence electrons. The van der Waals surface area contributed by atoms with Crippen molar-refractivity contribution in [2.75, 3.05) is 12.4 Å². The molecule has 5 rings (SSSR count). The fourth-order valence-electron chi connectivity index (χ4n) is 4.10. The molecule has 1 amide bonds. The fourth-order valence-corrected chi connectivity index (χ4v) is 5.02. The van der Waals surface area contributed by atoms with Crippen LogP contribution in [0.1, 0.15) is 34.2 Å². The molecule has 31 heavy (non-hydrogen) atoms. The molecule has 0 spiro atoms. The van der Waals surface area contributed by atoms with Gasteiger partial charge in [-0.25, -0.2) is 9.97 Å². The number of rotatable bonds is 5. The van der Waals surface area contributed by atoms with Crippen molar-refractivity contribution in [3.8, 4) is 17.0 Å². The van der Waals surface area contributed by atoms with Crippen LogP contribution in [0.15, 0.2) is 60.0 Å². The smallest absolute Gasteiger partial charge is 0.229 e. The standard InChI is InChI=1S/C25H23N3O2S/c1-30-18-10-11-19-17(15-18)9-12-20-23(19)28-24(21-8-5-13-31-21)25(26-20)27-22(29)14-16-6-3-2-4-7-16/h2-7,10-11,13,15,21H,8-9,12,14H2,1H3,(H,26,27,29). The van der Waals surface area contributed by atoms with Gasteiger partial charge in [-0.15, -0.1) is 11.8 Å². The molecule has 1 atom stereocenters. The summed E-state index contributed by atoms with van der Waals surface area (Å²) in [4.78, 5) is 22.8. The number of carbonyl (C=O) groups excluding carboxylic acids is 1. The number of hydrogen-bond donors (Lipinski definition) is 1. The summed E-state index contributed by atoms with van der Waals surface area (Å²) in [6.07, 6.45) is 5.02. The van der Waals surface area contributed by atoms with E-state index in [1.165, 1.54) is 5.56 Å². The number of thioether (sulfide) groups is 1. The lowest BCUT2D eigenvalue weighted by atomic mass is 9.91. The minimum absolute atomic E-state index is 0.0707. The predicted molar refractivity (Wildman–Crippen MR) is 124 cm³/mol. The number of methoxy groups -OCH3 is 1. The second-order valence-electron chi connectivity index (χ2n) is 7.72. The molecule has 0 saturated carbocycles. The molecule has 1 N–H and O–H groups in total. The number of benzene rings is 2. The summed E-state index contributed by atoms with van der Waals surface area (Å²) in [5.41, 5.74) is 6.02. The van der Waals surface area contributed by atoms with Crippen molar-refractivity contribution >= 4 is 23.5 Å². The number of amides is 1. The molecule has 6 heteroatoms. The maximum absolute atomic E-state index is 12.8. The Hall–Kier alpha value is -3.12. The highest BCUT2D eigenvalue weighted by Gasteiger charge is 2.27. The number of hydrogen-bond acceptors (Lipinski definition) is 5. The summed E-state index contributed by atoms with van der Waals surface area (Å²) in [7, 11) is 1.69. The van der Waals surface area contributed by atoms with Gasteiger partial charge in [-0.1, -0.05) is 36.4 Å². The van der Waals surface area contributed by atoms with Crippen LogP contribution < -0.4 is 10.1 Å². The topological polar surface area (TPSA) is 64.1 Å². The molecule has 1 aliphatic carbocycles. The molecule has 0 fully saturated rings. The number of aryl methyl sites for hydroxylation is 2. The van der Waals surface area contributed by atoms with Gasteiger partial charge in [0.15, 0.2) is 5.82 Å². The van der Waals surface area contributed by atoms with Crippen LogP contribution >= 0.6 is 11.8 Å². The number of aromatic nitrogens is 2. The highest BCUT2D eigenvalue weighted by molar-refractivity contribution is 8.02. The first kappa shape index (κ1) is 19.8. The van der Waals surface area contributed by atoms with E-state index in [1.54, 1.807) is 18.9 Å². The van der Waals surface area contributed by atoms with Crippen LogP contribution in [0.2, 0.25) is 0 Å². The monoisotopic (exact) mass is 429 g/mol. The Bertz CT molecular complexity index is 1150. The Kier molecular flexibility index (Phi) is 5.47. The Morgan fingerprint density at radius 2 is 2.03 bits per heavy atom. The Balaban J connectivity index is 1.50. The lowest BCUT2D eigenvalue weighted by Crippen LogP contribution is -2.20. The fraction of sp³-hybridized carbons (Fsp3) is 0.240. The molecule has 2 heterocycles. The van der Waals surface area contributed by atoms with Gasteiger partial charge in [-0.05, 0) is 54.0 Å². The number of allylic oxidation sites excluding steroid dienone is 1. The maximum Gasteiger partial charge on any atom is 0.229 e. The van der Waals surface area contributed by atoms with Crippen LogP contribution in [0.3, 0.4) is 0 Å². The van der Waals surface area contributed by atoms with E-state index in [-0.39, 0.29) is 11.2 Å². The van der Waals surface area contributed by atoms with E-state index in [4.69, 9.17) is 14.7 Å². The highest BCUT2D eigenvalue weighted by Crippen LogP contribution is 2.42. The van der Waals surface area contributed by atoms with Crippen molar-refractivity contribution < 1.29 is 9.53 Å². The molecular formula is C25H23N3O2S. The van der Waals surface area contributed by atoms with E-state index < -0.39 is 0 Å². The van der Waals surface area contributed by atoms with Gasteiger partial charge in [0.05, 0.1) is 35.9 Å². The first-order chi connectivity index (χ1) is 15.2. The Labute approximate surface area is 186 Å². The van der Waals surface area contributed by atoms with Gasteiger partial charge in [-0.2, -0.15) is 0 Å². The van der Waals surface area contributed by atoms with Crippen LogP contribution in [0.4, 0.5) is 5.82 Å². The summed E-state index contributed by atoms with van der Waals surface area (Å²) < 4.78 is 5.39.